The summed E-state index contributed by atoms with van der Waals surface area (Å²) in [7, 11) is 0. The molecule has 6 heteroatoms. The van der Waals surface area contributed by atoms with Gasteiger partial charge < -0.3 is 9.47 Å². The lowest BCUT2D eigenvalue weighted by Gasteiger charge is -2.56. The zero-order valence-electron chi connectivity index (χ0n) is 30.0. The Hall–Kier alpha value is -2.24. The third-order valence-corrected chi connectivity index (χ3v) is 16.7. The van der Waals surface area contributed by atoms with Gasteiger partial charge in [0.15, 0.2) is 0 Å². The Kier molecular flexibility index (Phi) is 8.00. The van der Waals surface area contributed by atoms with E-state index in [1.54, 1.807) is 0 Å². The Morgan fingerprint density at radius 3 is 1.38 bits per heavy atom. The lowest BCUT2D eigenvalue weighted by atomic mass is 9.48. The van der Waals surface area contributed by atoms with Crippen LogP contribution in [-0.2, 0) is 28.7 Å². The molecule has 6 fully saturated rings. The minimum atomic E-state index is -0.292. The molecule has 8 aliphatic carbocycles. The highest BCUT2D eigenvalue weighted by Gasteiger charge is 2.60. The maximum absolute atomic E-state index is 12.9. The number of fused-ring (bicyclic) bond motifs is 10. The fraction of sp³-hybridized carbons (Fsp3) is 0.810. The highest BCUT2D eigenvalue weighted by molar-refractivity contribution is 5.87. The smallest absolute Gasteiger partial charge is 0.306 e. The number of Topliss-reactive ketones (excluding diaryl/α,β-unsaturated/α-hetero) is 2. The molecule has 48 heavy (non-hydrogen) atoms. The van der Waals surface area contributed by atoms with Crippen molar-refractivity contribution in [1.29, 1.82) is 0 Å². The Morgan fingerprint density at radius 2 is 0.958 bits per heavy atom. The molecule has 0 saturated heterocycles. The van der Waals surface area contributed by atoms with E-state index in [9.17, 15) is 19.2 Å². The van der Waals surface area contributed by atoms with Gasteiger partial charge in [0, 0.05) is 36.5 Å². The molecule has 6 saturated carbocycles. The summed E-state index contributed by atoms with van der Waals surface area (Å²) in [5.41, 5.74) is 2.96. The van der Waals surface area contributed by atoms with Gasteiger partial charge in [0.2, 0.25) is 0 Å². The average Bonchev–Trinajstić information content (AvgIpc) is 3.54. The number of ketones is 2. The van der Waals surface area contributed by atoms with Crippen LogP contribution in [-0.4, -0.2) is 35.7 Å². The SMILES string of the molecule is C[C@]12CC[C@H](OC(=O)CCC(=O)O[C@H]3CC[C@@]4(C)C(=CC[C@@H]5[C@@H]4CC[C@]4(C)C(=O)CC[C@@H]54)C3)CC1=CC[C@@H]1[C@@H]2CC[C@]2(C)C(=O)CC[C@@H]12. The number of carbonyl (C=O) groups is 4. The van der Waals surface area contributed by atoms with Crippen molar-refractivity contribution in [2.75, 3.05) is 0 Å². The van der Waals surface area contributed by atoms with E-state index in [1.807, 2.05) is 0 Å². The molecule has 262 valence electrons. The molecule has 0 unspecified atom stereocenters. The summed E-state index contributed by atoms with van der Waals surface area (Å²) in [6.07, 6.45) is 20.2. The predicted molar refractivity (Wildman–Crippen MR) is 182 cm³/mol. The van der Waals surface area contributed by atoms with E-state index in [2.05, 4.69) is 39.8 Å². The summed E-state index contributed by atoms with van der Waals surface area (Å²) in [6.45, 7) is 9.33. The van der Waals surface area contributed by atoms with Crippen LogP contribution in [0.1, 0.15) is 143 Å². The number of rotatable bonds is 5. The standard InChI is InChI=1S/C42H58O6/c1-39-19-15-27(23-25(39)5-7-29-31-9-11-35(43)41(31,3)21-17-33(29)39)47-37(45)13-14-38(46)48-28-16-20-40(2)26(24-28)6-8-30-32-10-12-36(44)42(32,4)22-18-34(30)40/h5-6,27-34H,7-24H2,1-4H3/t27-,28-,29-,30-,31-,32-,33-,34-,39-,40-,41-,42-/m0/s1. The first-order chi connectivity index (χ1) is 22.8. The lowest BCUT2D eigenvalue weighted by molar-refractivity contribution is -0.158. The second-order valence-corrected chi connectivity index (χ2v) is 18.6. The fourth-order valence-corrected chi connectivity index (χ4v) is 13.7. The van der Waals surface area contributed by atoms with E-state index >= 15 is 0 Å². The summed E-state index contributed by atoms with van der Waals surface area (Å²) in [6, 6.07) is 0. The van der Waals surface area contributed by atoms with Gasteiger partial charge in [-0.25, -0.2) is 0 Å². The first kappa shape index (κ1) is 32.9. The maximum atomic E-state index is 12.9. The van der Waals surface area contributed by atoms with Gasteiger partial charge in [-0.1, -0.05) is 51.0 Å². The second-order valence-electron chi connectivity index (χ2n) is 18.6. The first-order valence-corrected chi connectivity index (χ1v) is 19.7. The summed E-state index contributed by atoms with van der Waals surface area (Å²) >= 11 is 0. The lowest BCUT2D eigenvalue weighted by Crippen LogP contribution is -2.50. The van der Waals surface area contributed by atoms with Crippen molar-refractivity contribution in [2.45, 2.75) is 155 Å². The minimum Gasteiger partial charge on any atom is -0.462 e. The number of carbonyl (C=O) groups excluding carboxylic acids is 4. The van der Waals surface area contributed by atoms with E-state index < -0.39 is 0 Å². The van der Waals surface area contributed by atoms with Crippen molar-refractivity contribution in [1.82, 2.24) is 0 Å². The molecule has 12 atom stereocenters. The zero-order valence-corrected chi connectivity index (χ0v) is 30.0. The highest BCUT2D eigenvalue weighted by Crippen LogP contribution is 2.65. The molecule has 0 heterocycles. The fourth-order valence-electron chi connectivity index (χ4n) is 13.7. The van der Waals surface area contributed by atoms with E-state index in [-0.39, 0.29) is 58.6 Å². The third-order valence-electron chi connectivity index (χ3n) is 16.7. The molecule has 8 aliphatic rings. The van der Waals surface area contributed by atoms with Crippen LogP contribution < -0.4 is 0 Å². The van der Waals surface area contributed by atoms with Crippen LogP contribution in [0.3, 0.4) is 0 Å². The normalized spacial score (nSPS) is 47.7. The van der Waals surface area contributed by atoms with Crippen LogP contribution in [0.5, 0.6) is 0 Å². The van der Waals surface area contributed by atoms with Crippen LogP contribution in [0.25, 0.3) is 0 Å². The molecule has 0 amide bonds. The van der Waals surface area contributed by atoms with E-state index in [0.717, 1.165) is 103 Å². The third kappa shape index (κ3) is 4.98. The quantitative estimate of drug-likeness (QED) is 0.217. The van der Waals surface area contributed by atoms with Crippen molar-refractivity contribution in [3.8, 4) is 0 Å². The van der Waals surface area contributed by atoms with Crippen LogP contribution in [0.15, 0.2) is 23.3 Å². The summed E-state index contributed by atoms with van der Waals surface area (Å²) in [5, 5.41) is 0. The Balaban J connectivity index is 0.815. The van der Waals surface area contributed by atoms with Gasteiger partial charge in [0.1, 0.15) is 23.8 Å². The molecule has 0 N–H and O–H groups in total. The molecule has 0 aromatic heterocycles. The zero-order chi connectivity index (χ0) is 33.6. The van der Waals surface area contributed by atoms with Crippen molar-refractivity contribution >= 4 is 23.5 Å². The van der Waals surface area contributed by atoms with Gasteiger partial charge in [-0.15, -0.1) is 0 Å². The second kappa shape index (κ2) is 11.7. The van der Waals surface area contributed by atoms with Gasteiger partial charge in [0.05, 0.1) is 12.8 Å². The molecular weight excluding hydrogens is 600 g/mol. The molecular formula is C42H58O6. The van der Waals surface area contributed by atoms with Gasteiger partial charge in [-0.05, 0) is 123 Å². The molecule has 0 radical (unpaired) electrons. The van der Waals surface area contributed by atoms with Crippen LogP contribution in [0.4, 0.5) is 0 Å². The number of hydrogen-bond acceptors (Lipinski definition) is 6. The molecule has 0 aromatic rings. The number of esters is 2. The van der Waals surface area contributed by atoms with Gasteiger partial charge in [0.25, 0.3) is 0 Å². The molecule has 6 nitrogen and oxygen atoms in total. The molecule has 8 rings (SSSR count). The van der Waals surface area contributed by atoms with Crippen LogP contribution >= 0.6 is 0 Å². The molecule has 0 aromatic carbocycles. The summed E-state index contributed by atoms with van der Waals surface area (Å²) in [4.78, 5) is 51.4. The highest BCUT2D eigenvalue weighted by atomic mass is 16.6. The number of hydrogen-bond donors (Lipinski definition) is 0. The van der Waals surface area contributed by atoms with Crippen molar-refractivity contribution in [3.63, 3.8) is 0 Å². The molecule has 0 spiro atoms. The number of allylic oxidation sites excluding steroid dienone is 2. The number of ether oxygens (including phenoxy) is 2. The van der Waals surface area contributed by atoms with Crippen molar-refractivity contribution < 1.29 is 28.7 Å². The predicted octanol–water partition coefficient (Wildman–Crippen LogP) is 8.65. The van der Waals surface area contributed by atoms with Gasteiger partial charge in [-0.2, -0.15) is 0 Å². The summed E-state index contributed by atoms with van der Waals surface area (Å²) in [5.74, 6) is 3.87. The maximum Gasteiger partial charge on any atom is 0.306 e. The topological polar surface area (TPSA) is 86.7 Å². The Bertz CT molecular complexity index is 1350. The van der Waals surface area contributed by atoms with Crippen LogP contribution in [0.2, 0.25) is 0 Å². The minimum absolute atomic E-state index is 0.0698. The Labute approximate surface area is 287 Å². The van der Waals surface area contributed by atoms with Gasteiger partial charge in [-0.3, -0.25) is 19.2 Å². The van der Waals surface area contributed by atoms with Crippen LogP contribution in [0, 0.1) is 57.2 Å². The van der Waals surface area contributed by atoms with Gasteiger partial charge >= 0.3 is 11.9 Å². The average molecular weight is 659 g/mol. The molecule has 0 aliphatic heterocycles. The Morgan fingerprint density at radius 1 is 0.583 bits per heavy atom. The van der Waals surface area contributed by atoms with E-state index in [1.165, 1.54) is 11.1 Å². The first-order valence-electron chi connectivity index (χ1n) is 19.7. The monoisotopic (exact) mass is 658 g/mol. The summed E-state index contributed by atoms with van der Waals surface area (Å²) < 4.78 is 12.0. The van der Waals surface area contributed by atoms with E-state index in [0.29, 0.717) is 47.1 Å². The molecule has 0 bridgehead atoms. The van der Waals surface area contributed by atoms with Crippen molar-refractivity contribution in [2.24, 2.45) is 57.2 Å². The van der Waals surface area contributed by atoms with Crippen molar-refractivity contribution in [3.05, 3.63) is 23.3 Å². The van der Waals surface area contributed by atoms with E-state index in [4.69, 9.17) is 9.47 Å². The largest absolute Gasteiger partial charge is 0.462 e.